The van der Waals surface area contributed by atoms with E-state index in [1.165, 1.54) is 23.0 Å². The zero-order valence-corrected chi connectivity index (χ0v) is 30.6. The van der Waals surface area contributed by atoms with Gasteiger partial charge in [-0.2, -0.15) is 0 Å². The van der Waals surface area contributed by atoms with E-state index in [-0.39, 0.29) is 24.3 Å². The van der Waals surface area contributed by atoms with Gasteiger partial charge in [-0.3, -0.25) is 9.36 Å². The topological polar surface area (TPSA) is 97.6 Å². The van der Waals surface area contributed by atoms with Gasteiger partial charge in [0.15, 0.2) is 16.3 Å². The Hall–Kier alpha value is -5.03. The molecule has 0 radical (unpaired) electrons. The zero-order chi connectivity index (χ0) is 36.1. The summed E-state index contributed by atoms with van der Waals surface area (Å²) >= 11 is 14.0. The lowest BCUT2D eigenvalue weighted by Crippen LogP contribution is -2.40. The van der Waals surface area contributed by atoms with Crippen molar-refractivity contribution in [3.05, 3.63) is 142 Å². The van der Waals surface area contributed by atoms with E-state index in [2.05, 4.69) is 0 Å². The first-order valence-corrected chi connectivity index (χ1v) is 17.7. The number of methoxy groups -OCH3 is 2. The highest BCUT2D eigenvalue weighted by Crippen LogP contribution is 2.41. The van der Waals surface area contributed by atoms with E-state index in [1.807, 2.05) is 49.4 Å². The maximum absolute atomic E-state index is 14.5. The fourth-order valence-electron chi connectivity index (χ4n) is 5.74. The molecule has 1 atom stereocenters. The minimum atomic E-state index is -0.940. The summed E-state index contributed by atoms with van der Waals surface area (Å²) in [5, 5.41) is 0.940. The Bertz CT molecular complexity index is 2280. The maximum atomic E-state index is 14.5. The van der Waals surface area contributed by atoms with E-state index in [4.69, 9.17) is 51.9 Å². The third-order valence-electron chi connectivity index (χ3n) is 8.03. The van der Waals surface area contributed by atoms with Crippen molar-refractivity contribution in [2.24, 2.45) is 4.99 Å². The minimum absolute atomic E-state index is 0.129. The molecule has 0 N–H and O–H groups in total. The molecule has 1 aliphatic heterocycles. The van der Waals surface area contributed by atoms with Crippen molar-refractivity contribution < 1.29 is 28.5 Å². The quantitative estimate of drug-likeness (QED) is 0.124. The second-order valence-electron chi connectivity index (χ2n) is 11.2. The van der Waals surface area contributed by atoms with Crippen LogP contribution in [0, 0.1) is 0 Å². The summed E-state index contributed by atoms with van der Waals surface area (Å²) in [4.78, 5) is 33.7. The average Bonchev–Trinajstić information content (AvgIpc) is 3.45. The molecule has 12 heteroatoms. The Morgan fingerprint density at radius 2 is 1.67 bits per heavy atom. The number of thiazole rings is 1. The molecule has 0 unspecified atom stereocenters. The van der Waals surface area contributed by atoms with Gasteiger partial charge in [0.25, 0.3) is 5.56 Å². The van der Waals surface area contributed by atoms with Crippen LogP contribution in [0.1, 0.15) is 42.1 Å². The predicted octanol–water partition coefficient (Wildman–Crippen LogP) is 7.24. The summed E-state index contributed by atoms with van der Waals surface area (Å²) in [7, 11) is 3.08. The van der Waals surface area contributed by atoms with Crippen LogP contribution in [0.2, 0.25) is 10.0 Å². The zero-order valence-electron chi connectivity index (χ0n) is 28.3. The number of esters is 1. The number of benzene rings is 4. The molecule has 0 amide bonds. The Morgan fingerprint density at radius 3 is 2.35 bits per heavy atom. The minimum Gasteiger partial charge on any atom is -0.497 e. The van der Waals surface area contributed by atoms with E-state index < -0.39 is 12.0 Å². The Labute approximate surface area is 308 Å². The number of aromatic nitrogens is 1. The molecule has 5 aromatic rings. The first-order chi connectivity index (χ1) is 24.8. The lowest BCUT2D eigenvalue weighted by Gasteiger charge is -2.27. The summed E-state index contributed by atoms with van der Waals surface area (Å²) in [5.41, 5.74) is 3.00. The Balaban J connectivity index is 1.53. The van der Waals surface area contributed by atoms with Crippen molar-refractivity contribution >= 4 is 52.3 Å². The van der Waals surface area contributed by atoms with Gasteiger partial charge in [0.05, 0.1) is 48.3 Å². The van der Waals surface area contributed by atoms with Gasteiger partial charge in [-0.15, -0.1) is 0 Å². The van der Waals surface area contributed by atoms with Crippen molar-refractivity contribution in [2.45, 2.75) is 26.5 Å². The molecule has 1 aromatic heterocycles. The third kappa shape index (κ3) is 7.54. The lowest BCUT2D eigenvalue weighted by molar-refractivity contribution is -0.138. The summed E-state index contributed by atoms with van der Waals surface area (Å²) in [6.45, 7) is 4.33. The predicted molar refractivity (Wildman–Crippen MR) is 199 cm³/mol. The van der Waals surface area contributed by atoms with E-state index in [1.54, 1.807) is 62.6 Å². The molecule has 9 nitrogen and oxygen atoms in total. The van der Waals surface area contributed by atoms with E-state index >= 15 is 0 Å². The number of carbonyl (C=O) groups is 1. The van der Waals surface area contributed by atoms with Crippen molar-refractivity contribution in [3.8, 4) is 23.0 Å². The van der Waals surface area contributed by atoms with Crippen LogP contribution < -0.4 is 33.8 Å². The lowest BCUT2D eigenvalue weighted by atomic mass is 9.92. The highest BCUT2D eigenvalue weighted by Gasteiger charge is 2.37. The number of hydrogen-bond donors (Lipinski definition) is 0. The molecule has 4 aromatic carbocycles. The normalized spacial score (nSPS) is 14.1. The van der Waals surface area contributed by atoms with Crippen LogP contribution >= 0.6 is 34.5 Å². The second-order valence-corrected chi connectivity index (χ2v) is 13.1. The first kappa shape index (κ1) is 35.8. The molecule has 0 saturated heterocycles. The number of nitrogens with zero attached hydrogens (tertiary/aromatic N) is 2. The van der Waals surface area contributed by atoms with Crippen LogP contribution in [0.3, 0.4) is 0 Å². The van der Waals surface area contributed by atoms with Gasteiger partial charge in [-0.05, 0) is 67.4 Å². The summed E-state index contributed by atoms with van der Waals surface area (Å²) in [5.74, 6) is 1.18. The molecule has 0 bridgehead atoms. The van der Waals surface area contributed by atoms with E-state index in [0.717, 1.165) is 5.56 Å². The van der Waals surface area contributed by atoms with Crippen LogP contribution in [0.15, 0.2) is 100 Å². The number of halogens is 2. The number of ether oxygens (including phenoxy) is 5. The molecule has 0 spiro atoms. The van der Waals surface area contributed by atoms with Crippen LogP contribution in [0.4, 0.5) is 0 Å². The van der Waals surface area contributed by atoms with Crippen LogP contribution in [-0.2, 0) is 16.1 Å². The van der Waals surface area contributed by atoms with Gasteiger partial charge in [-0.1, -0.05) is 77.0 Å². The van der Waals surface area contributed by atoms with Crippen LogP contribution in [0.25, 0.3) is 11.8 Å². The molecule has 1 aliphatic rings. The van der Waals surface area contributed by atoms with Gasteiger partial charge < -0.3 is 23.7 Å². The Morgan fingerprint density at radius 1 is 0.902 bits per heavy atom. The molecular formula is C39H34Cl2N2O7S. The average molecular weight is 746 g/mol. The van der Waals surface area contributed by atoms with Crippen molar-refractivity contribution in [3.63, 3.8) is 0 Å². The molecule has 0 aliphatic carbocycles. The van der Waals surface area contributed by atoms with Crippen LogP contribution in [0.5, 0.6) is 23.0 Å². The van der Waals surface area contributed by atoms with E-state index in [0.29, 0.717) is 71.4 Å². The molecule has 0 fully saturated rings. The maximum Gasteiger partial charge on any atom is 0.338 e. The summed E-state index contributed by atoms with van der Waals surface area (Å²) in [6, 6.07) is 24.4. The van der Waals surface area contributed by atoms with Gasteiger partial charge in [0, 0.05) is 22.2 Å². The third-order valence-corrected chi connectivity index (χ3v) is 9.55. The highest BCUT2D eigenvalue weighted by atomic mass is 35.5. The largest absolute Gasteiger partial charge is 0.497 e. The molecule has 6 rings (SSSR count). The second kappa shape index (κ2) is 15.9. The van der Waals surface area contributed by atoms with Gasteiger partial charge in [-0.25, -0.2) is 9.79 Å². The smallest absolute Gasteiger partial charge is 0.338 e. The van der Waals surface area contributed by atoms with Crippen LogP contribution in [-0.4, -0.2) is 38.0 Å². The molecule has 51 heavy (non-hydrogen) atoms. The van der Waals surface area contributed by atoms with Crippen molar-refractivity contribution in [2.75, 3.05) is 27.4 Å². The summed E-state index contributed by atoms with van der Waals surface area (Å²) < 4.78 is 30.7. The first-order valence-electron chi connectivity index (χ1n) is 16.1. The van der Waals surface area contributed by atoms with Gasteiger partial charge in [0.1, 0.15) is 24.1 Å². The Kier molecular flexibility index (Phi) is 11.1. The highest BCUT2D eigenvalue weighted by molar-refractivity contribution is 7.07. The molecule has 2 heterocycles. The number of carbonyl (C=O) groups excluding carboxylic acids is 1. The molecule has 262 valence electrons. The van der Waals surface area contributed by atoms with Crippen molar-refractivity contribution in [1.29, 1.82) is 0 Å². The van der Waals surface area contributed by atoms with E-state index in [9.17, 15) is 9.59 Å². The standard InChI is InChI=1S/C39H34Cl2N2O7S/c1-5-48-31-19-24(18-29(41)36(31)50-22-23-12-14-26(40)15-13-23)20-32-37(44)43-35(28-17-16-27(46-3)21-30(28)47-4)33(38(45)49-6-2)34(42-39(43)51-32)25-10-8-7-9-11-25/h7-21,35H,5-6,22H2,1-4H3/b32-20-/t35-/m0/s1. The number of rotatable bonds is 12. The number of hydrogen-bond acceptors (Lipinski definition) is 9. The monoisotopic (exact) mass is 744 g/mol. The molecule has 0 saturated carbocycles. The van der Waals surface area contributed by atoms with Gasteiger partial charge in [0.2, 0.25) is 0 Å². The summed E-state index contributed by atoms with van der Waals surface area (Å²) in [6.07, 6.45) is 1.72. The van der Waals surface area contributed by atoms with Gasteiger partial charge >= 0.3 is 5.97 Å². The fraction of sp³-hybridized carbons (Fsp3) is 0.205. The van der Waals surface area contributed by atoms with Crippen molar-refractivity contribution in [1.82, 2.24) is 4.57 Å². The SMILES string of the molecule is CCOC(=O)C1=C(c2ccccc2)N=c2s/c(=C\c3cc(Cl)c(OCc4ccc(Cl)cc4)c(OCC)c3)c(=O)n2[C@H]1c1ccc(OC)cc1OC. The fourth-order valence-corrected chi connectivity index (χ4v) is 7.14. The number of fused-ring (bicyclic) bond motifs is 1. The molecular weight excluding hydrogens is 711 g/mol.